The van der Waals surface area contributed by atoms with Crippen molar-refractivity contribution < 1.29 is 39.9 Å². The van der Waals surface area contributed by atoms with Crippen LogP contribution in [0.3, 0.4) is 0 Å². The van der Waals surface area contributed by atoms with E-state index < -0.39 is 61.6 Å². The minimum absolute atomic E-state index is 0.441. The molecule has 1 fully saturated rings. The largest absolute Gasteiger partial charge is 0.480 e. The Morgan fingerprint density at radius 3 is 2.50 bits per heavy atom. The zero-order valence-electron chi connectivity index (χ0n) is 10.5. The highest BCUT2D eigenvalue weighted by molar-refractivity contribution is 5.83. The molecule has 8 N–H and O–H groups in total. The fourth-order valence-electron chi connectivity index (χ4n) is 1.76. The van der Waals surface area contributed by atoms with Crippen LogP contribution in [0.1, 0.15) is 6.42 Å². The third-order valence-electron chi connectivity index (χ3n) is 2.99. The lowest BCUT2D eigenvalue weighted by atomic mass is 9.96. The minimum atomic E-state index is -2.29. The molecular weight excluding hydrogens is 276 g/mol. The van der Waals surface area contributed by atoms with Crippen LogP contribution in [0.2, 0.25) is 0 Å². The number of aliphatic hydroxyl groups is 4. The van der Waals surface area contributed by atoms with Crippen molar-refractivity contribution in [1.29, 1.82) is 0 Å². The summed E-state index contributed by atoms with van der Waals surface area (Å²) in [5.74, 6) is -4.53. The number of aliphatic carboxylic acids is 1. The first-order chi connectivity index (χ1) is 9.17. The summed E-state index contributed by atoms with van der Waals surface area (Å²) >= 11 is 0. The fraction of sp³-hybridized carbons (Fsp3) is 0.800. The number of carboxylic acids is 1. The van der Waals surface area contributed by atoms with Crippen LogP contribution >= 0.6 is 0 Å². The Balaban J connectivity index is 2.66. The Kier molecular flexibility index (Phi) is 5.39. The van der Waals surface area contributed by atoms with Crippen molar-refractivity contribution in [2.75, 3.05) is 13.2 Å². The summed E-state index contributed by atoms with van der Waals surface area (Å²) in [6, 6.07) is -1.38. The van der Waals surface area contributed by atoms with Crippen molar-refractivity contribution in [3.8, 4) is 0 Å². The smallest absolute Gasteiger partial charge is 0.321 e. The molecule has 0 saturated carbocycles. The van der Waals surface area contributed by atoms with Gasteiger partial charge in [-0.2, -0.15) is 0 Å². The van der Waals surface area contributed by atoms with E-state index in [9.17, 15) is 30.0 Å². The minimum Gasteiger partial charge on any atom is -0.480 e. The summed E-state index contributed by atoms with van der Waals surface area (Å²) in [7, 11) is 0. The predicted molar refractivity (Wildman–Crippen MR) is 62.2 cm³/mol. The van der Waals surface area contributed by atoms with Crippen LogP contribution in [0, 0.1) is 0 Å². The summed E-state index contributed by atoms with van der Waals surface area (Å²) in [4.78, 5) is 21.6. The SMILES string of the molecule is NC(=O)C[C@@H](NC[C@]1(O)OC[C@@H](O)[C@@H](O)[C@@H]1O)C(=O)O. The van der Waals surface area contributed by atoms with Gasteiger partial charge in [-0.25, -0.2) is 0 Å². The number of carboxylic acid groups (broad SMARTS) is 1. The number of amides is 1. The maximum absolute atomic E-state index is 10.9. The van der Waals surface area contributed by atoms with E-state index in [0.29, 0.717) is 0 Å². The van der Waals surface area contributed by atoms with Crippen LogP contribution in [0.15, 0.2) is 0 Å². The van der Waals surface area contributed by atoms with Crippen molar-refractivity contribution in [3.05, 3.63) is 0 Å². The number of primary amides is 1. The van der Waals surface area contributed by atoms with Crippen LogP contribution in [-0.2, 0) is 14.3 Å². The zero-order valence-corrected chi connectivity index (χ0v) is 10.5. The lowest BCUT2D eigenvalue weighted by Gasteiger charge is -2.42. The first-order valence-electron chi connectivity index (χ1n) is 5.82. The van der Waals surface area contributed by atoms with E-state index in [0.717, 1.165) is 0 Å². The van der Waals surface area contributed by atoms with Gasteiger partial charge in [0, 0.05) is 0 Å². The van der Waals surface area contributed by atoms with Gasteiger partial charge >= 0.3 is 5.97 Å². The van der Waals surface area contributed by atoms with E-state index in [4.69, 9.17) is 15.6 Å². The standard InChI is InChI=1S/C10H18N2O8/c11-6(14)1-4(9(17)18)12-3-10(19)8(16)7(15)5(13)2-20-10/h4-5,7-8,12-13,15-16,19H,1-3H2,(H2,11,14)(H,17,18)/t4-,5-,7-,8+,10+/m1/s1. The fourth-order valence-corrected chi connectivity index (χ4v) is 1.76. The highest BCUT2D eigenvalue weighted by Gasteiger charge is 2.48. The highest BCUT2D eigenvalue weighted by Crippen LogP contribution is 2.23. The number of carbonyl (C=O) groups excluding carboxylic acids is 1. The number of nitrogens with two attached hydrogens (primary N) is 1. The van der Waals surface area contributed by atoms with Crippen molar-refractivity contribution in [2.45, 2.75) is 36.6 Å². The van der Waals surface area contributed by atoms with Crippen molar-refractivity contribution in [2.24, 2.45) is 5.73 Å². The third kappa shape index (κ3) is 3.85. The Hall–Kier alpha value is -1.30. The van der Waals surface area contributed by atoms with E-state index in [-0.39, 0.29) is 0 Å². The average Bonchev–Trinajstić information content (AvgIpc) is 2.36. The van der Waals surface area contributed by atoms with Gasteiger partial charge in [0.1, 0.15) is 24.4 Å². The van der Waals surface area contributed by atoms with Crippen LogP contribution in [-0.4, -0.2) is 80.7 Å². The second kappa shape index (κ2) is 6.43. The molecule has 20 heavy (non-hydrogen) atoms. The normalized spacial score (nSPS) is 35.5. The van der Waals surface area contributed by atoms with Gasteiger partial charge in [0.15, 0.2) is 0 Å². The Morgan fingerprint density at radius 2 is 2.00 bits per heavy atom. The molecule has 0 aromatic carbocycles. The molecule has 1 saturated heterocycles. The van der Waals surface area contributed by atoms with E-state index in [1.807, 2.05) is 0 Å². The molecule has 1 rings (SSSR count). The van der Waals surface area contributed by atoms with Gasteiger partial charge in [0.05, 0.1) is 19.6 Å². The molecule has 10 nitrogen and oxygen atoms in total. The number of nitrogens with one attached hydrogen (secondary N) is 1. The molecule has 1 heterocycles. The van der Waals surface area contributed by atoms with Crippen LogP contribution in [0.4, 0.5) is 0 Å². The molecule has 0 aromatic rings. The van der Waals surface area contributed by atoms with Gasteiger partial charge in [0.25, 0.3) is 0 Å². The number of aliphatic hydroxyl groups excluding tert-OH is 3. The van der Waals surface area contributed by atoms with Crippen molar-refractivity contribution >= 4 is 11.9 Å². The lowest BCUT2D eigenvalue weighted by molar-refractivity contribution is -0.318. The number of hydrogen-bond donors (Lipinski definition) is 7. The summed E-state index contributed by atoms with van der Waals surface area (Å²) < 4.78 is 4.82. The quantitative estimate of drug-likeness (QED) is 0.255. The maximum Gasteiger partial charge on any atom is 0.321 e. The number of hydrogen-bond acceptors (Lipinski definition) is 8. The van der Waals surface area contributed by atoms with Gasteiger partial charge < -0.3 is 36.0 Å². The topological polar surface area (TPSA) is 183 Å². The molecule has 1 amide bonds. The number of ether oxygens (including phenoxy) is 1. The third-order valence-corrected chi connectivity index (χ3v) is 2.99. The molecule has 0 aliphatic carbocycles. The summed E-state index contributed by atoms with van der Waals surface area (Å²) in [6.45, 7) is -1.02. The molecule has 0 aromatic heterocycles. The molecular formula is C10H18N2O8. The Bertz CT molecular complexity index is 378. The molecule has 0 bridgehead atoms. The average molecular weight is 294 g/mol. The van der Waals surface area contributed by atoms with Crippen LogP contribution in [0.5, 0.6) is 0 Å². The van der Waals surface area contributed by atoms with E-state index in [1.165, 1.54) is 0 Å². The van der Waals surface area contributed by atoms with Gasteiger partial charge in [-0.3, -0.25) is 14.9 Å². The highest BCUT2D eigenvalue weighted by atomic mass is 16.6. The monoisotopic (exact) mass is 294 g/mol. The second-order valence-corrected chi connectivity index (χ2v) is 4.60. The Morgan fingerprint density at radius 1 is 1.40 bits per heavy atom. The van der Waals surface area contributed by atoms with Crippen molar-refractivity contribution in [3.63, 3.8) is 0 Å². The predicted octanol–water partition coefficient (Wildman–Crippen LogP) is -4.29. The second-order valence-electron chi connectivity index (χ2n) is 4.60. The first-order valence-corrected chi connectivity index (χ1v) is 5.82. The molecule has 0 spiro atoms. The summed E-state index contributed by atoms with van der Waals surface area (Å²) in [6.07, 6.45) is -5.38. The summed E-state index contributed by atoms with van der Waals surface area (Å²) in [5, 5.41) is 49.5. The summed E-state index contributed by atoms with van der Waals surface area (Å²) in [5.41, 5.74) is 4.88. The Labute approximate surface area is 113 Å². The van der Waals surface area contributed by atoms with Gasteiger partial charge in [-0.05, 0) is 0 Å². The molecule has 10 heteroatoms. The zero-order chi connectivity index (χ0) is 15.5. The maximum atomic E-state index is 10.9. The van der Waals surface area contributed by atoms with Gasteiger partial charge in [-0.1, -0.05) is 0 Å². The number of carbonyl (C=O) groups is 2. The van der Waals surface area contributed by atoms with E-state index in [2.05, 4.69) is 5.32 Å². The molecule has 5 atom stereocenters. The molecule has 0 unspecified atom stereocenters. The number of rotatable bonds is 6. The molecule has 1 aliphatic heterocycles. The molecule has 116 valence electrons. The lowest BCUT2D eigenvalue weighted by Crippen LogP contribution is -2.65. The first kappa shape index (κ1) is 16.8. The van der Waals surface area contributed by atoms with Crippen molar-refractivity contribution in [1.82, 2.24) is 5.32 Å². The van der Waals surface area contributed by atoms with Crippen LogP contribution < -0.4 is 11.1 Å². The molecule has 0 radical (unpaired) electrons. The van der Waals surface area contributed by atoms with Crippen LogP contribution in [0.25, 0.3) is 0 Å². The van der Waals surface area contributed by atoms with E-state index >= 15 is 0 Å². The van der Waals surface area contributed by atoms with Gasteiger partial charge in [0.2, 0.25) is 11.7 Å². The van der Waals surface area contributed by atoms with E-state index in [1.54, 1.807) is 0 Å². The van der Waals surface area contributed by atoms with Gasteiger partial charge in [-0.15, -0.1) is 0 Å². The molecule has 1 aliphatic rings.